The number of carbonyl (C=O) groups excluding carboxylic acids is 4. The molecule has 10 heteroatoms. The van der Waals surface area contributed by atoms with Gasteiger partial charge in [0, 0.05) is 0 Å². The first-order valence-electron chi connectivity index (χ1n) is 16.7. The van der Waals surface area contributed by atoms with Gasteiger partial charge in [-0.15, -0.1) is 0 Å². The van der Waals surface area contributed by atoms with Crippen LogP contribution < -0.4 is 18.9 Å². The summed E-state index contributed by atoms with van der Waals surface area (Å²) < 4.78 is 33.1. The van der Waals surface area contributed by atoms with Gasteiger partial charge in [0.15, 0.2) is 0 Å². The summed E-state index contributed by atoms with van der Waals surface area (Å²) in [6, 6.07) is 25.3. The van der Waals surface area contributed by atoms with Crippen molar-refractivity contribution in [1.29, 1.82) is 0 Å². The highest BCUT2D eigenvalue weighted by Crippen LogP contribution is 2.20. The van der Waals surface area contributed by atoms with Crippen LogP contribution in [0.4, 0.5) is 0 Å². The minimum Gasteiger partial charge on any atom is -0.494 e. The maximum absolute atomic E-state index is 12.8. The Morgan fingerprint density at radius 2 is 0.720 bits per heavy atom. The van der Waals surface area contributed by atoms with Gasteiger partial charge in [-0.3, -0.25) is 0 Å². The molecule has 4 aromatic rings. The van der Waals surface area contributed by atoms with Crippen molar-refractivity contribution in [3.8, 4) is 23.0 Å². The van der Waals surface area contributed by atoms with E-state index in [0.717, 1.165) is 25.7 Å². The van der Waals surface area contributed by atoms with Gasteiger partial charge in [-0.2, -0.15) is 0 Å². The standard InChI is InChI=1S/C40H42O10/c1-5-7-25-45-33-17-9-31(10-18-33)39(43)49-35-21-13-29(14-22-35)37(41)47-27(3)28(4)48-38(42)30-15-23-36(24-16-30)50-40(44)32-11-19-34(20-12-32)46-26-8-6-2/h9-24,27-28H,5-8,25-26H2,1-4H3. The molecular formula is C40H42O10. The Morgan fingerprint density at radius 3 is 1.02 bits per heavy atom. The second kappa shape index (κ2) is 18.8. The molecule has 50 heavy (non-hydrogen) atoms. The molecule has 0 aliphatic rings. The van der Waals surface area contributed by atoms with Crippen molar-refractivity contribution in [2.45, 2.75) is 65.6 Å². The molecule has 0 aliphatic carbocycles. The molecule has 262 valence electrons. The molecule has 2 unspecified atom stereocenters. The summed E-state index contributed by atoms with van der Waals surface area (Å²) in [5, 5.41) is 0. The number of esters is 4. The van der Waals surface area contributed by atoms with E-state index >= 15 is 0 Å². The Labute approximate surface area is 292 Å². The third-order valence-corrected chi connectivity index (χ3v) is 7.56. The highest BCUT2D eigenvalue weighted by Gasteiger charge is 2.23. The lowest BCUT2D eigenvalue weighted by atomic mass is 10.2. The van der Waals surface area contributed by atoms with Crippen LogP contribution >= 0.6 is 0 Å². The maximum Gasteiger partial charge on any atom is 0.343 e. The van der Waals surface area contributed by atoms with Gasteiger partial charge in [0.05, 0.1) is 35.5 Å². The summed E-state index contributed by atoms with van der Waals surface area (Å²) in [5.74, 6) is -0.497. The van der Waals surface area contributed by atoms with Crippen LogP contribution in [-0.4, -0.2) is 49.3 Å². The SMILES string of the molecule is CCCCOc1ccc(C(=O)Oc2ccc(C(=O)OC(C)C(C)OC(=O)c3ccc(OC(=O)c4ccc(OCCCC)cc4)cc3)cc2)cc1. The number of benzene rings is 4. The summed E-state index contributed by atoms with van der Waals surface area (Å²) in [7, 11) is 0. The third kappa shape index (κ3) is 11.2. The Balaban J connectivity index is 1.22. The summed E-state index contributed by atoms with van der Waals surface area (Å²) in [6.45, 7) is 8.61. The first-order chi connectivity index (χ1) is 24.2. The Hall–Kier alpha value is -5.64. The zero-order chi connectivity index (χ0) is 35.9. The Morgan fingerprint density at radius 1 is 0.440 bits per heavy atom. The quantitative estimate of drug-likeness (QED) is 0.0611. The van der Waals surface area contributed by atoms with Crippen molar-refractivity contribution in [3.63, 3.8) is 0 Å². The van der Waals surface area contributed by atoms with Crippen molar-refractivity contribution in [1.82, 2.24) is 0 Å². The van der Waals surface area contributed by atoms with Crippen LogP contribution in [0.15, 0.2) is 97.1 Å². The predicted octanol–water partition coefficient (Wildman–Crippen LogP) is 8.27. The number of carbonyl (C=O) groups is 4. The maximum atomic E-state index is 12.8. The van der Waals surface area contributed by atoms with E-state index in [2.05, 4.69) is 13.8 Å². The fraction of sp³-hybridized carbons (Fsp3) is 0.300. The molecule has 0 bridgehead atoms. The molecule has 0 saturated heterocycles. The average Bonchev–Trinajstić information content (AvgIpc) is 3.13. The van der Waals surface area contributed by atoms with Crippen LogP contribution in [0.25, 0.3) is 0 Å². The van der Waals surface area contributed by atoms with E-state index in [1.54, 1.807) is 62.4 Å². The molecule has 2 atom stereocenters. The summed E-state index contributed by atoms with van der Waals surface area (Å²) in [6.07, 6.45) is 2.40. The van der Waals surface area contributed by atoms with Gasteiger partial charge in [0.2, 0.25) is 0 Å². The minimum atomic E-state index is -0.776. The molecule has 0 spiro atoms. The van der Waals surface area contributed by atoms with Crippen LogP contribution in [0.5, 0.6) is 23.0 Å². The van der Waals surface area contributed by atoms with E-state index in [0.29, 0.717) is 35.8 Å². The van der Waals surface area contributed by atoms with Gasteiger partial charge in [-0.25, -0.2) is 19.2 Å². The fourth-order valence-electron chi connectivity index (χ4n) is 4.36. The number of hydrogen-bond acceptors (Lipinski definition) is 10. The molecule has 0 saturated carbocycles. The van der Waals surface area contributed by atoms with Crippen LogP contribution in [0, 0.1) is 0 Å². The second-order valence-corrected chi connectivity index (χ2v) is 11.5. The Kier molecular flexibility index (Phi) is 14.0. The highest BCUT2D eigenvalue weighted by molar-refractivity contribution is 5.93. The van der Waals surface area contributed by atoms with Gasteiger partial charge in [0.25, 0.3) is 0 Å². The van der Waals surface area contributed by atoms with Crippen LogP contribution in [0.1, 0.15) is 94.8 Å². The van der Waals surface area contributed by atoms with Crippen LogP contribution in [-0.2, 0) is 9.47 Å². The third-order valence-electron chi connectivity index (χ3n) is 7.56. The zero-order valence-electron chi connectivity index (χ0n) is 28.7. The largest absolute Gasteiger partial charge is 0.494 e. The number of rotatable bonds is 17. The van der Waals surface area contributed by atoms with Gasteiger partial charge in [0.1, 0.15) is 35.2 Å². The second-order valence-electron chi connectivity index (χ2n) is 11.5. The molecule has 0 N–H and O–H groups in total. The lowest BCUT2D eigenvalue weighted by Gasteiger charge is -2.21. The van der Waals surface area contributed by atoms with E-state index in [9.17, 15) is 19.2 Å². The van der Waals surface area contributed by atoms with Gasteiger partial charge >= 0.3 is 23.9 Å². The van der Waals surface area contributed by atoms with Crippen molar-refractivity contribution < 1.29 is 47.6 Å². The number of ether oxygens (including phenoxy) is 6. The summed E-state index contributed by atoms with van der Waals surface area (Å²) >= 11 is 0. The molecule has 10 nitrogen and oxygen atoms in total. The van der Waals surface area contributed by atoms with E-state index in [-0.39, 0.29) is 22.6 Å². The van der Waals surface area contributed by atoms with E-state index in [1.165, 1.54) is 48.5 Å². The highest BCUT2D eigenvalue weighted by atomic mass is 16.6. The van der Waals surface area contributed by atoms with E-state index < -0.39 is 36.1 Å². The zero-order valence-corrected chi connectivity index (χ0v) is 28.7. The first-order valence-corrected chi connectivity index (χ1v) is 16.7. The van der Waals surface area contributed by atoms with Crippen molar-refractivity contribution in [2.24, 2.45) is 0 Å². The minimum absolute atomic E-state index is 0.227. The molecule has 0 fully saturated rings. The van der Waals surface area contributed by atoms with Crippen LogP contribution in [0.2, 0.25) is 0 Å². The van der Waals surface area contributed by atoms with Crippen molar-refractivity contribution >= 4 is 23.9 Å². The molecule has 4 rings (SSSR count). The molecular weight excluding hydrogens is 640 g/mol. The monoisotopic (exact) mass is 682 g/mol. The van der Waals surface area contributed by atoms with E-state index in [4.69, 9.17) is 28.4 Å². The topological polar surface area (TPSA) is 124 Å². The fourth-order valence-corrected chi connectivity index (χ4v) is 4.36. The summed E-state index contributed by atoms with van der Waals surface area (Å²) in [5.41, 5.74) is 1.17. The predicted molar refractivity (Wildman–Crippen MR) is 186 cm³/mol. The lowest BCUT2D eigenvalue weighted by molar-refractivity contribution is -0.0239. The molecule has 0 amide bonds. The molecule has 0 radical (unpaired) electrons. The smallest absolute Gasteiger partial charge is 0.343 e. The first kappa shape index (κ1) is 37.2. The van der Waals surface area contributed by atoms with Crippen LogP contribution in [0.3, 0.4) is 0 Å². The van der Waals surface area contributed by atoms with E-state index in [1.807, 2.05) is 0 Å². The normalized spacial score (nSPS) is 11.8. The Bertz CT molecular complexity index is 1570. The van der Waals surface area contributed by atoms with Crippen molar-refractivity contribution in [2.75, 3.05) is 13.2 Å². The molecule has 4 aromatic carbocycles. The number of hydrogen-bond donors (Lipinski definition) is 0. The average molecular weight is 683 g/mol. The summed E-state index contributed by atoms with van der Waals surface area (Å²) in [4.78, 5) is 50.6. The van der Waals surface area contributed by atoms with Crippen molar-refractivity contribution in [3.05, 3.63) is 119 Å². The van der Waals surface area contributed by atoms with Gasteiger partial charge < -0.3 is 28.4 Å². The number of unbranched alkanes of at least 4 members (excludes halogenated alkanes) is 2. The molecule has 0 heterocycles. The molecule has 0 aliphatic heterocycles. The van der Waals surface area contributed by atoms with Gasteiger partial charge in [-0.1, -0.05) is 26.7 Å². The molecule has 0 aromatic heterocycles. The lowest BCUT2D eigenvalue weighted by Crippen LogP contribution is -2.30. The van der Waals surface area contributed by atoms with Gasteiger partial charge in [-0.05, 0) is 124 Å².